The van der Waals surface area contributed by atoms with Crippen molar-refractivity contribution >= 4 is 0 Å². The van der Waals surface area contributed by atoms with Crippen molar-refractivity contribution in [3.8, 4) is 11.5 Å². The minimum absolute atomic E-state index is 0. The van der Waals surface area contributed by atoms with Crippen LogP contribution in [0.15, 0.2) is 18.2 Å². The maximum absolute atomic E-state index is 8.49. The molecule has 0 saturated carbocycles. The Kier molecular flexibility index (Phi) is 38.3. The molecule has 0 spiro atoms. The number of rotatable bonds is 3. The van der Waals surface area contributed by atoms with Crippen molar-refractivity contribution in [1.82, 2.24) is 21.3 Å². The van der Waals surface area contributed by atoms with Crippen LogP contribution in [0.3, 0.4) is 0 Å². The van der Waals surface area contributed by atoms with Crippen LogP contribution in [-0.4, -0.2) is 116 Å². The average Bonchev–Trinajstić information content (AvgIpc) is 3.03. The van der Waals surface area contributed by atoms with E-state index in [2.05, 4.69) is 52.6 Å². The van der Waals surface area contributed by atoms with Crippen molar-refractivity contribution in [2.75, 3.05) is 105 Å². The summed E-state index contributed by atoms with van der Waals surface area (Å²) in [5.41, 5.74) is 7.29. The summed E-state index contributed by atoms with van der Waals surface area (Å²) in [5, 5.41) is 16.6. The second kappa shape index (κ2) is 34.8. The predicted molar refractivity (Wildman–Crippen MR) is 153 cm³/mol. The Morgan fingerprint density at radius 3 is 1.18 bits per heavy atom. The zero-order valence-electron chi connectivity index (χ0n) is 32.4. The molecule has 1 aromatic rings. The van der Waals surface area contributed by atoms with Gasteiger partial charge in [0.15, 0.2) is 11.5 Å². The number of quaternary nitrogens is 1. The first-order valence-corrected chi connectivity index (χ1v) is 21.4. The number of nitrogens with two attached hydrogens (primary N) is 2. The van der Waals surface area contributed by atoms with Crippen LogP contribution < -0.4 is 116 Å². The van der Waals surface area contributed by atoms with Crippen LogP contribution in [-0.2, 0) is 43.0 Å². The molecule has 360 valence electrons. The molecule has 1 aromatic carbocycles. The van der Waals surface area contributed by atoms with Crippen LogP contribution in [0.25, 0.3) is 0 Å². The molecule has 2 heterocycles. The van der Waals surface area contributed by atoms with E-state index in [0.29, 0.717) is 52.9 Å². The van der Waals surface area contributed by atoms with Crippen LogP contribution in [0.1, 0.15) is 19.4 Å². The Balaban J connectivity index is -0.000000591. The second-order valence-corrected chi connectivity index (χ2v) is 15.3. The molecule has 3 rings (SSSR count). The molecule has 0 bridgehead atoms. The summed E-state index contributed by atoms with van der Waals surface area (Å²) >= 11 is 0. The first-order chi connectivity index (χ1) is 26.5. The third kappa shape index (κ3) is 57.4. The summed E-state index contributed by atoms with van der Waals surface area (Å²) < 4.78 is 165. The molecule has 0 aliphatic carbocycles. The van der Waals surface area contributed by atoms with E-state index in [1.165, 1.54) is 5.56 Å². The summed E-state index contributed by atoms with van der Waals surface area (Å²) in [6, 6.07) is 6.19. The van der Waals surface area contributed by atoms with Gasteiger partial charge in [0.25, 0.3) is 0 Å². The van der Waals surface area contributed by atoms with E-state index < -0.39 is 41.0 Å². The summed E-state index contributed by atoms with van der Waals surface area (Å²) in [7, 11) is -19.8. The Labute approximate surface area is 364 Å². The largest absolute Gasteiger partial charge is 3.00 e. The topological polar surface area (TPSA) is 539 Å². The molecule has 11 N–H and O–H groups in total. The molecule has 1 saturated heterocycles. The van der Waals surface area contributed by atoms with E-state index in [4.69, 9.17) is 104 Å². The molecule has 0 unspecified atom stereocenters. The molecule has 0 aromatic heterocycles. The number of ether oxygens (including phenoxy) is 5. The molecule has 0 amide bonds. The van der Waals surface area contributed by atoms with Gasteiger partial charge in [0.05, 0.1) is 52.7 Å². The smallest absolute Gasteiger partial charge is 0.487 e. The summed E-state index contributed by atoms with van der Waals surface area (Å²) in [6.45, 7) is 16.3. The van der Waals surface area contributed by atoms with E-state index in [9.17, 15) is 0 Å². The molecule has 2 aliphatic rings. The monoisotopic (exact) mass is 1010 g/mol. The maximum Gasteiger partial charge on any atom is 3.00 e. The van der Waals surface area contributed by atoms with E-state index in [-0.39, 0.29) is 33.3 Å². The first-order valence-electron chi connectivity index (χ1n) is 16.5. The fourth-order valence-corrected chi connectivity index (χ4v) is 4.36. The van der Waals surface area contributed by atoms with E-state index >= 15 is 0 Å². The first kappa shape index (κ1) is 66.1. The van der Waals surface area contributed by atoms with Crippen molar-refractivity contribution < 1.29 is 167 Å². The molecule has 60 heavy (non-hydrogen) atoms. The van der Waals surface area contributed by atoms with Crippen molar-refractivity contribution in [3.63, 3.8) is 0 Å². The van der Waals surface area contributed by atoms with Gasteiger partial charge in [0, 0.05) is 50.4 Å². The van der Waals surface area contributed by atoms with Gasteiger partial charge in [-0.2, -0.15) is 0 Å². The van der Waals surface area contributed by atoms with Gasteiger partial charge in [0.1, 0.15) is 25.3 Å². The van der Waals surface area contributed by atoms with Gasteiger partial charge in [-0.25, -0.2) is 74.5 Å². The average molecular weight is 1020 g/mol. The van der Waals surface area contributed by atoms with Crippen molar-refractivity contribution in [3.05, 3.63) is 23.8 Å². The minimum atomic E-state index is -4.94. The van der Waals surface area contributed by atoms with E-state index in [0.717, 1.165) is 70.4 Å². The van der Waals surface area contributed by atoms with E-state index in [1.807, 2.05) is 6.07 Å². The fourth-order valence-electron chi connectivity index (χ4n) is 4.36. The molecular weight excluding hydrogens is 961 g/mol. The van der Waals surface area contributed by atoms with Crippen molar-refractivity contribution in [2.24, 2.45) is 5.73 Å². The predicted octanol–water partition coefficient (Wildman–Crippen LogP) is -21.5. The number of fused-ring (bicyclic) bond motifs is 1. The Morgan fingerprint density at radius 2 is 0.833 bits per heavy atom. The fraction of sp³-hybridized carbons (Fsp3) is 0.778. The molecule has 28 nitrogen and oxygen atoms in total. The van der Waals surface area contributed by atoms with Gasteiger partial charge in [-0.3, -0.25) is 0 Å². The third-order valence-corrected chi connectivity index (χ3v) is 6.63. The zero-order valence-corrected chi connectivity index (χ0v) is 36.5. The Hall–Kier alpha value is -0.554. The minimum Gasteiger partial charge on any atom is -0.487 e. The van der Waals surface area contributed by atoms with Gasteiger partial charge in [-0.1, -0.05) is 0 Å². The molecule has 33 heteroatoms. The van der Waals surface area contributed by atoms with Gasteiger partial charge < -0.3 is 61.5 Å². The number of hydrogen-bond acceptors (Lipinski definition) is 26. The second-order valence-electron chi connectivity index (χ2n) is 12.3. The van der Waals surface area contributed by atoms with Crippen LogP contribution in [0.5, 0.6) is 11.5 Å². The Bertz CT molecular complexity index is 1090. The zero-order chi connectivity index (χ0) is 44.9. The van der Waals surface area contributed by atoms with Crippen LogP contribution in [0.2, 0.25) is 0 Å². The van der Waals surface area contributed by atoms with Crippen molar-refractivity contribution in [2.45, 2.75) is 31.5 Å². The van der Waals surface area contributed by atoms with Gasteiger partial charge in [-0.15, -0.1) is 41.0 Å². The third-order valence-electron chi connectivity index (χ3n) is 6.63. The summed E-state index contributed by atoms with van der Waals surface area (Å²) in [5.74, 6) is 1.46. The van der Waals surface area contributed by atoms with Crippen LogP contribution in [0, 0.1) is 41.0 Å². The molecule has 0 atom stereocenters. The quantitative estimate of drug-likeness (QED) is 0.153. The Morgan fingerprint density at radius 1 is 0.533 bits per heavy atom. The van der Waals surface area contributed by atoms with Gasteiger partial charge >= 0.3 is 16.8 Å². The van der Waals surface area contributed by atoms with Crippen LogP contribution >= 0.6 is 0 Å². The summed E-state index contributed by atoms with van der Waals surface area (Å²) in [4.78, 5) is 0. The molecule has 2 aliphatic heterocycles. The maximum atomic E-state index is 8.49. The summed E-state index contributed by atoms with van der Waals surface area (Å²) in [6.07, 6.45) is 0. The normalized spacial score (nSPS) is 22.0. The standard InChI is InChI=1S/C27H50N6O5.4ClHO4.Co.H2O/c1-26(28)19-29-5-7-31-21-27(2,22-32-8-6-30-20-26)33-18-23-3-4-24-25(17-23)38-16-14-36-12-10-34-9-11-35-13-15-37-24;4*2-1(3,4)5;;/h3-4,17,29-33H,5-16,18-22,28H2,1-2H3;4*(H,2,3,4,5);;1H2/q;;;;;+3;/p-2. The molecule has 0 radical (unpaired) electrons. The molecular formula is C27H54Cl4CoN6O22+. The number of hydrogen-bond donors (Lipinski definition) is 6. The van der Waals surface area contributed by atoms with Crippen LogP contribution in [0.4, 0.5) is 0 Å². The SMILES string of the molecule is CC1(N)CNCCNCC(C)([NH2+]Cc2ccc3c(c2)OCCOCCOCCOCCO3)CNCCNC1.[Co+3].[O-][Cl+3]([O-])([O-])[O-].[O-][Cl+3]([O-])([O-])[O-].[O-][Cl+3]([O-])([O-])[O-].[O-][Cl+3]([O-])([O-])[O-].[OH3+]. The van der Waals surface area contributed by atoms with Gasteiger partial charge in [-0.05, 0) is 32.0 Å². The van der Waals surface area contributed by atoms with Crippen molar-refractivity contribution in [1.29, 1.82) is 0 Å². The van der Waals surface area contributed by atoms with Gasteiger partial charge in [0.2, 0.25) is 0 Å². The number of benzene rings is 1. The number of halogens is 4. The number of nitrogens with one attached hydrogen (secondary N) is 4. The molecule has 1 fully saturated rings. The van der Waals surface area contributed by atoms with E-state index in [1.54, 1.807) is 0 Å².